The second kappa shape index (κ2) is 11.9. The average Bonchev–Trinajstić information content (AvgIpc) is 3.17. The second-order valence-corrected chi connectivity index (χ2v) is 8.33. The molecular formula is C23H30ClN3O3S. The number of aromatic nitrogens is 1. The van der Waals surface area contributed by atoms with E-state index < -0.39 is 0 Å². The Morgan fingerprint density at radius 3 is 2.42 bits per heavy atom. The number of thiazole rings is 1. The van der Waals surface area contributed by atoms with Crippen LogP contribution in [0.2, 0.25) is 0 Å². The molecule has 0 aliphatic carbocycles. The number of nitrogens with zero attached hydrogens (tertiary/aromatic N) is 3. The number of anilines is 1. The van der Waals surface area contributed by atoms with Crippen molar-refractivity contribution in [3.8, 4) is 11.5 Å². The van der Waals surface area contributed by atoms with Crippen LogP contribution in [0.4, 0.5) is 5.13 Å². The van der Waals surface area contributed by atoms with Crippen molar-refractivity contribution in [2.75, 3.05) is 45.8 Å². The van der Waals surface area contributed by atoms with Gasteiger partial charge in [-0.3, -0.25) is 9.69 Å². The van der Waals surface area contributed by atoms with E-state index in [1.807, 2.05) is 56.6 Å². The van der Waals surface area contributed by atoms with Gasteiger partial charge in [0.05, 0.1) is 23.9 Å². The van der Waals surface area contributed by atoms with E-state index in [4.69, 9.17) is 14.5 Å². The van der Waals surface area contributed by atoms with Crippen LogP contribution >= 0.6 is 23.7 Å². The number of carbonyl (C=O) groups excluding carboxylic acids is 1. The number of rotatable bonds is 10. The number of likely N-dealkylation sites (N-methyl/N-ethyl adjacent to an activating group) is 1. The molecule has 2 aromatic carbocycles. The van der Waals surface area contributed by atoms with E-state index in [-0.39, 0.29) is 18.3 Å². The summed E-state index contributed by atoms with van der Waals surface area (Å²) in [7, 11) is 5.63. The third-order valence-electron chi connectivity index (χ3n) is 4.70. The number of hydrogen-bond donors (Lipinski definition) is 0. The van der Waals surface area contributed by atoms with Crippen LogP contribution in [-0.4, -0.2) is 56.7 Å². The van der Waals surface area contributed by atoms with Crippen LogP contribution in [0.25, 0.3) is 10.2 Å². The first-order valence-electron chi connectivity index (χ1n) is 10.2. The largest absolute Gasteiger partial charge is 0.497 e. The Balaban J connectivity index is 0.00000341. The predicted octanol–water partition coefficient (Wildman–Crippen LogP) is 5.11. The minimum Gasteiger partial charge on any atom is -0.497 e. The topological polar surface area (TPSA) is 54.9 Å². The first-order chi connectivity index (χ1) is 14.5. The smallest absolute Gasteiger partial charge is 0.260 e. The van der Waals surface area contributed by atoms with Crippen molar-refractivity contribution >= 4 is 45.0 Å². The van der Waals surface area contributed by atoms with Gasteiger partial charge < -0.3 is 14.4 Å². The third kappa shape index (κ3) is 6.56. The van der Waals surface area contributed by atoms with Gasteiger partial charge in [0.15, 0.2) is 5.13 Å². The van der Waals surface area contributed by atoms with Crippen molar-refractivity contribution in [1.82, 2.24) is 9.88 Å². The SMILES string of the molecule is CCCCOc1ccc(C(=O)N(CCN(C)C)c2nc3ccc(OC)cc3s2)cc1.Cl. The van der Waals surface area contributed by atoms with E-state index in [1.165, 1.54) is 11.3 Å². The molecule has 0 fully saturated rings. The maximum atomic E-state index is 13.3. The Bertz CT molecular complexity index is 976. The van der Waals surface area contributed by atoms with Gasteiger partial charge in [0.2, 0.25) is 0 Å². The van der Waals surface area contributed by atoms with Gasteiger partial charge in [-0.1, -0.05) is 24.7 Å². The monoisotopic (exact) mass is 463 g/mol. The number of carbonyl (C=O) groups is 1. The van der Waals surface area contributed by atoms with E-state index in [0.717, 1.165) is 41.1 Å². The highest BCUT2D eigenvalue weighted by molar-refractivity contribution is 7.22. The highest BCUT2D eigenvalue weighted by Gasteiger charge is 2.21. The zero-order chi connectivity index (χ0) is 21.5. The summed E-state index contributed by atoms with van der Waals surface area (Å²) in [5.74, 6) is 1.50. The highest BCUT2D eigenvalue weighted by atomic mass is 35.5. The van der Waals surface area contributed by atoms with E-state index in [2.05, 4.69) is 11.8 Å². The molecule has 1 amide bonds. The molecule has 0 bridgehead atoms. The molecule has 8 heteroatoms. The van der Waals surface area contributed by atoms with Crippen molar-refractivity contribution < 1.29 is 14.3 Å². The van der Waals surface area contributed by atoms with Gasteiger partial charge in [0.25, 0.3) is 5.91 Å². The zero-order valence-electron chi connectivity index (χ0n) is 18.5. The lowest BCUT2D eigenvalue weighted by molar-refractivity contribution is 0.0985. The molecule has 0 radical (unpaired) electrons. The van der Waals surface area contributed by atoms with Gasteiger partial charge in [-0.05, 0) is 63.0 Å². The summed E-state index contributed by atoms with van der Waals surface area (Å²) < 4.78 is 12.0. The molecule has 1 heterocycles. The van der Waals surface area contributed by atoms with Crippen LogP contribution in [-0.2, 0) is 0 Å². The molecule has 31 heavy (non-hydrogen) atoms. The predicted molar refractivity (Wildman–Crippen MR) is 130 cm³/mol. The fourth-order valence-electron chi connectivity index (χ4n) is 2.90. The Labute approximate surface area is 194 Å². The van der Waals surface area contributed by atoms with Crippen molar-refractivity contribution in [1.29, 1.82) is 0 Å². The Hall–Kier alpha value is -2.35. The molecule has 0 aliphatic rings. The first kappa shape index (κ1) is 24.9. The molecule has 0 N–H and O–H groups in total. The standard InChI is InChI=1S/C23H29N3O3S.ClH/c1-5-6-15-29-18-9-7-17(8-10-18)22(27)26(14-13-25(2)3)23-24-20-12-11-19(28-4)16-21(20)30-23;/h7-12,16H,5-6,13-15H2,1-4H3;1H. The zero-order valence-corrected chi connectivity index (χ0v) is 20.1. The summed E-state index contributed by atoms with van der Waals surface area (Å²) in [4.78, 5) is 21.9. The van der Waals surface area contributed by atoms with Gasteiger partial charge >= 0.3 is 0 Å². The fourth-order valence-corrected chi connectivity index (χ4v) is 3.92. The Kier molecular flexibility index (Phi) is 9.55. The van der Waals surface area contributed by atoms with Crippen LogP contribution in [0.5, 0.6) is 11.5 Å². The number of halogens is 1. The van der Waals surface area contributed by atoms with Crippen LogP contribution in [0.15, 0.2) is 42.5 Å². The summed E-state index contributed by atoms with van der Waals surface area (Å²) in [6.07, 6.45) is 2.10. The normalized spacial score (nSPS) is 10.7. The Morgan fingerprint density at radius 2 is 1.77 bits per heavy atom. The third-order valence-corrected chi connectivity index (χ3v) is 5.74. The molecule has 1 aromatic heterocycles. The average molecular weight is 464 g/mol. The van der Waals surface area contributed by atoms with Crippen LogP contribution in [0.1, 0.15) is 30.1 Å². The molecule has 3 aromatic rings. The molecule has 0 aliphatic heterocycles. The summed E-state index contributed by atoms with van der Waals surface area (Å²) in [6.45, 7) is 4.11. The lowest BCUT2D eigenvalue weighted by atomic mass is 10.2. The van der Waals surface area contributed by atoms with Gasteiger partial charge in [-0.15, -0.1) is 12.4 Å². The van der Waals surface area contributed by atoms with Gasteiger partial charge in [-0.25, -0.2) is 4.98 Å². The molecule has 0 saturated heterocycles. The number of hydrogen-bond acceptors (Lipinski definition) is 6. The van der Waals surface area contributed by atoms with Crippen molar-refractivity contribution in [2.45, 2.75) is 19.8 Å². The molecule has 3 rings (SSSR count). The number of ether oxygens (including phenoxy) is 2. The van der Waals surface area contributed by atoms with Crippen molar-refractivity contribution in [3.05, 3.63) is 48.0 Å². The number of fused-ring (bicyclic) bond motifs is 1. The van der Waals surface area contributed by atoms with Crippen LogP contribution in [0, 0.1) is 0 Å². The molecule has 6 nitrogen and oxygen atoms in total. The van der Waals surface area contributed by atoms with E-state index >= 15 is 0 Å². The minimum absolute atomic E-state index is 0. The van der Waals surface area contributed by atoms with E-state index in [1.54, 1.807) is 12.0 Å². The summed E-state index contributed by atoms with van der Waals surface area (Å²) in [5.41, 5.74) is 1.48. The molecule has 0 saturated carbocycles. The molecule has 0 unspecified atom stereocenters. The summed E-state index contributed by atoms with van der Waals surface area (Å²) >= 11 is 1.50. The molecule has 0 atom stereocenters. The molecular weight excluding hydrogens is 434 g/mol. The second-order valence-electron chi connectivity index (χ2n) is 7.32. The van der Waals surface area contributed by atoms with Crippen LogP contribution in [0.3, 0.4) is 0 Å². The van der Waals surface area contributed by atoms with Gasteiger partial charge in [0.1, 0.15) is 11.5 Å². The van der Waals surface area contributed by atoms with E-state index in [0.29, 0.717) is 23.8 Å². The highest BCUT2D eigenvalue weighted by Crippen LogP contribution is 2.32. The fraction of sp³-hybridized carbons (Fsp3) is 0.391. The summed E-state index contributed by atoms with van der Waals surface area (Å²) in [6, 6.07) is 13.1. The number of benzene rings is 2. The number of methoxy groups -OCH3 is 1. The summed E-state index contributed by atoms with van der Waals surface area (Å²) in [5, 5.41) is 0.688. The maximum absolute atomic E-state index is 13.3. The molecule has 0 spiro atoms. The minimum atomic E-state index is -0.0667. The molecule has 168 valence electrons. The first-order valence-corrected chi connectivity index (χ1v) is 11.0. The van der Waals surface area contributed by atoms with Crippen molar-refractivity contribution in [2.24, 2.45) is 0 Å². The number of unbranched alkanes of at least 4 members (excludes halogenated alkanes) is 1. The number of amides is 1. The lowest BCUT2D eigenvalue weighted by Crippen LogP contribution is -2.36. The lowest BCUT2D eigenvalue weighted by Gasteiger charge is -2.22. The quantitative estimate of drug-likeness (QED) is 0.391. The van der Waals surface area contributed by atoms with Gasteiger partial charge in [0, 0.05) is 18.7 Å². The van der Waals surface area contributed by atoms with Crippen molar-refractivity contribution in [3.63, 3.8) is 0 Å². The van der Waals surface area contributed by atoms with Crippen LogP contribution < -0.4 is 14.4 Å². The Morgan fingerprint density at radius 1 is 1.06 bits per heavy atom. The van der Waals surface area contributed by atoms with E-state index in [9.17, 15) is 4.79 Å². The van der Waals surface area contributed by atoms with Gasteiger partial charge in [-0.2, -0.15) is 0 Å². The maximum Gasteiger partial charge on any atom is 0.260 e.